The van der Waals surface area contributed by atoms with Crippen LogP contribution in [-0.2, 0) is 22.6 Å². The van der Waals surface area contributed by atoms with E-state index >= 15 is 0 Å². The number of para-hydroxylation sites is 1. The Hall–Kier alpha value is -5.53. The van der Waals surface area contributed by atoms with Crippen molar-refractivity contribution in [2.75, 3.05) is 25.5 Å². The van der Waals surface area contributed by atoms with Crippen LogP contribution in [0.15, 0.2) is 66.7 Å². The number of fused-ring (bicyclic) bond motifs is 1. The van der Waals surface area contributed by atoms with Gasteiger partial charge < -0.3 is 25.6 Å². The number of nitrogen functional groups attached to an aromatic ring is 1. The molecule has 1 unspecified atom stereocenters. The Labute approximate surface area is 299 Å². The number of carbonyl (C=O) groups excluding carboxylic acids is 4. The number of aromatic hydroxyl groups is 1. The van der Waals surface area contributed by atoms with Gasteiger partial charge in [-0.1, -0.05) is 48.0 Å². The number of carbonyl (C=O) groups is 4. The number of hydrogen-bond donors (Lipinski definition) is 4. The van der Waals surface area contributed by atoms with Crippen LogP contribution >= 0.6 is 11.6 Å². The minimum atomic E-state index is -1.02. The zero-order chi connectivity index (χ0) is 35.9. The van der Waals surface area contributed by atoms with Crippen molar-refractivity contribution < 1.29 is 33.8 Å². The van der Waals surface area contributed by atoms with E-state index in [0.717, 1.165) is 48.4 Å². The summed E-state index contributed by atoms with van der Waals surface area (Å²) >= 11 is 6.03. The van der Waals surface area contributed by atoms with Crippen LogP contribution in [-0.4, -0.2) is 69.6 Å². The number of unbranched alkanes of at least 4 members (excludes halogenated alkanes) is 2. The van der Waals surface area contributed by atoms with Gasteiger partial charge in [-0.05, 0) is 67.6 Å². The van der Waals surface area contributed by atoms with Crippen molar-refractivity contribution in [1.29, 1.82) is 0 Å². The fraction of sp³-hybridized carbons (Fsp3) is 0.297. The summed E-state index contributed by atoms with van der Waals surface area (Å²) in [7, 11) is 0. The van der Waals surface area contributed by atoms with Crippen molar-refractivity contribution in [3.8, 4) is 28.5 Å². The molecule has 4 amide bonds. The molecule has 1 atom stereocenters. The maximum Gasteiger partial charge on any atom is 0.266 e. The van der Waals surface area contributed by atoms with E-state index in [1.165, 1.54) is 0 Å². The number of halogens is 1. The Kier molecular flexibility index (Phi) is 11.1. The van der Waals surface area contributed by atoms with E-state index in [1.54, 1.807) is 42.5 Å². The number of aromatic nitrogens is 2. The number of hydrogen-bond acceptors (Lipinski definition) is 11. The number of rotatable bonds is 15. The number of anilines is 1. The number of piperidine rings is 1. The predicted molar refractivity (Wildman–Crippen MR) is 188 cm³/mol. The van der Waals surface area contributed by atoms with Crippen LogP contribution in [0.4, 0.5) is 5.82 Å². The highest BCUT2D eigenvalue weighted by molar-refractivity contribution is 6.32. The lowest BCUT2D eigenvalue weighted by molar-refractivity contribution is -0.136. The first-order valence-corrected chi connectivity index (χ1v) is 17.1. The first-order valence-electron chi connectivity index (χ1n) is 16.7. The molecule has 0 aliphatic carbocycles. The van der Waals surface area contributed by atoms with Crippen LogP contribution in [0.25, 0.3) is 11.3 Å². The largest absolute Gasteiger partial charge is 0.506 e. The van der Waals surface area contributed by atoms with E-state index in [2.05, 4.69) is 45.1 Å². The molecule has 14 heteroatoms. The summed E-state index contributed by atoms with van der Waals surface area (Å²) in [5, 5.41) is 24.2. The molecule has 2 aliphatic heterocycles. The van der Waals surface area contributed by atoms with Gasteiger partial charge >= 0.3 is 0 Å². The van der Waals surface area contributed by atoms with E-state index in [9.17, 15) is 24.3 Å². The smallest absolute Gasteiger partial charge is 0.266 e. The number of phenols is 1. The highest BCUT2D eigenvalue weighted by Gasteiger charge is 2.46. The molecule has 4 aromatic rings. The van der Waals surface area contributed by atoms with Crippen molar-refractivity contribution in [3.63, 3.8) is 0 Å². The van der Waals surface area contributed by atoms with Crippen LogP contribution < -0.4 is 25.8 Å². The van der Waals surface area contributed by atoms with Crippen LogP contribution in [0, 0.1) is 0 Å². The monoisotopic (exact) mass is 712 g/mol. The number of nitrogens with zero attached hydrogens (tertiary/aromatic N) is 3. The Bertz CT molecular complexity index is 1950. The molecule has 0 spiro atoms. The summed E-state index contributed by atoms with van der Waals surface area (Å²) in [5.41, 5.74) is 9.42. The zero-order valence-corrected chi connectivity index (χ0v) is 28.4. The molecule has 1 fully saturated rings. The van der Waals surface area contributed by atoms with E-state index in [-0.39, 0.29) is 40.6 Å². The molecular formula is C37H37ClN6O7. The van der Waals surface area contributed by atoms with E-state index in [1.807, 2.05) is 0 Å². The van der Waals surface area contributed by atoms with Crippen LogP contribution in [0.1, 0.15) is 63.9 Å². The van der Waals surface area contributed by atoms with Gasteiger partial charge in [-0.2, -0.15) is 0 Å². The molecule has 6 rings (SSSR count). The normalized spacial score (nSPS) is 15.5. The van der Waals surface area contributed by atoms with Gasteiger partial charge in [0.25, 0.3) is 11.8 Å². The first kappa shape index (κ1) is 35.3. The number of imide groups is 2. The summed E-state index contributed by atoms with van der Waals surface area (Å²) in [4.78, 5) is 51.0. The molecule has 0 bridgehead atoms. The average Bonchev–Trinajstić information content (AvgIpc) is 3.38. The Morgan fingerprint density at radius 3 is 2.43 bits per heavy atom. The number of amides is 4. The van der Waals surface area contributed by atoms with Crippen LogP contribution in [0.2, 0.25) is 5.02 Å². The standard InChI is InChI=1S/C37H37ClN6O7/c38-26-8-4-6-24(33(26)46)27-20-30(34(39)43-42-27)51-19-16-22-10-12-23(13-11-22)21-40-17-2-1-3-18-50-29-9-5-7-25-32(29)37(49)44(36(25)48)28-14-15-31(45)41-35(28)47/h4-13,20,28,40,46H,1-3,14-19,21H2,(H2,39,43)(H,41,45,47). The number of phenolic OH excluding ortho intramolecular Hbond substituents is 1. The second-order valence-electron chi connectivity index (χ2n) is 12.2. The van der Waals surface area contributed by atoms with Gasteiger partial charge in [0.2, 0.25) is 11.8 Å². The van der Waals surface area contributed by atoms with E-state index < -0.39 is 29.7 Å². The maximum absolute atomic E-state index is 13.2. The average molecular weight is 713 g/mol. The van der Waals surface area contributed by atoms with Gasteiger partial charge in [0.1, 0.15) is 23.2 Å². The lowest BCUT2D eigenvalue weighted by Crippen LogP contribution is -2.54. The fourth-order valence-electron chi connectivity index (χ4n) is 6.00. The second kappa shape index (κ2) is 16.0. The van der Waals surface area contributed by atoms with Gasteiger partial charge in [-0.15, -0.1) is 10.2 Å². The lowest BCUT2D eigenvalue weighted by atomic mass is 10.0. The SMILES string of the molecule is Nc1nnc(-c2cccc(Cl)c2O)cc1OCCc1ccc(CNCCCCCOc2cccc3c2C(=O)N(C2CCC(=O)NC2=O)C3=O)cc1. The Balaban J connectivity index is 0.884. The molecule has 2 aliphatic rings. The molecule has 0 radical (unpaired) electrons. The number of benzene rings is 3. The highest BCUT2D eigenvalue weighted by atomic mass is 35.5. The van der Waals surface area contributed by atoms with Crippen LogP contribution in [0.3, 0.4) is 0 Å². The van der Waals surface area contributed by atoms with Gasteiger partial charge in [0.05, 0.1) is 29.4 Å². The minimum Gasteiger partial charge on any atom is -0.506 e. The lowest BCUT2D eigenvalue weighted by Gasteiger charge is -2.27. The highest BCUT2D eigenvalue weighted by Crippen LogP contribution is 2.36. The summed E-state index contributed by atoms with van der Waals surface area (Å²) in [5.74, 6) is -1.43. The van der Waals surface area contributed by atoms with Crippen molar-refractivity contribution in [3.05, 3.63) is 94.0 Å². The summed E-state index contributed by atoms with van der Waals surface area (Å²) in [6.45, 7) is 2.29. The number of nitrogens with two attached hydrogens (primary N) is 1. The summed E-state index contributed by atoms with van der Waals surface area (Å²) < 4.78 is 11.8. The maximum atomic E-state index is 13.2. The summed E-state index contributed by atoms with van der Waals surface area (Å²) in [6.07, 6.45) is 3.41. The molecule has 3 aromatic carbocycles. The summed E-state index contributed by atoms with van der Waals surface area (Å²) in [6, 6.07) is 18.7. The topological polar surface area (TPSA) is 186 Å². The third-order valence-electron chi connectivity index (χ3n) is 8.73. The Morgan fingerprint density at radius 1 is 0.882 bits per heavy atom. The van der Waals surface area contributed by atoms with Crippen molar-refractivity contribution in [2.45, 2.75) is 51.1 Å². The van der Waals surface area contributed by atoms with Crippen LogP contribution in [0.5, 0.6) is 17.2 Å². The quantitative estimate of drug-likeness (QED) is 0.101. The molecule has 51 heavy (non-hydrogen) atoms. The fourth-order valence-corrected chi connectivity index (χ4v) is 6.18. The molecule has 3 heterocycles. The molecule has 13 nitrogen and oxygen atoms in total. The number of ether oxygens (including phenoxy) is 2. The minimum absolute atomic E-state index is 0.0656. The molecule has 1 aromatic heterocycles. The molecule has 1 saturated heterocycles. The van der Waals surface area contributed by atoms with Gasteiger partial charge in [-0.25, -0.2) is 0 Å². The molecule has 5 N–H and O–H groups in total. The van der Waals surface area contributed by atoms with Crippen molar-refractivity contribution >= 4 is 41.0 Å². The van der Waals surface area contributed by atoms with Gasteiger partial charge in [-0.3, -0.25) is 29.4 Å². The van der Waals surface area contributed by atoms with Gasteiger partial charge in [0, 0.05) is 31.0 Å². The van der Waals surface area contributed by atoms with Gasteiger partial charge in [0.15, 0.2) is 11.6 Å². The number of nitrogens with one attached hydrogen (secondary N) is 2. The first-order chi connectivity index (χ1) is 24.7. The van der Waals surface area contributed by atoms with Crippen molar-refractivity contribution in [1.82, 2.24) is 25.7 Å². The Morgan fingerprint density at radius 2 is 1.63 bits per heavy atom. The predicted octanol–water partition coefficient (Wildman–Crippen LogP) is 4.45. The second-order valence-corrected chi connectivity index (χ2v) is 12.6. The third kappa shape index (κ3) is 8.11. The van der Waals surface area contributed by atoms with E-state index in [4.69, 9.17) is 26.8 Å². The van der Waals surface area contributed by atoms with Crippen molar-refractivity contribution in [2.24, 2.45) is 0 Å². The molecular weight excluding hydrogens is 676 g/mol. The van der Waals surface area contributed by atoms with E-state index in [0.29, 0.717) is 42.4 Å². The third-order valence-corrected chi connectivity index (χ3v) is 9.04. The molecule has 264 valence electrons. The molecule has 0 saturated carbocycles. The zero-order valence-electron chi connectivity index (χ0n) is 27.7.